The van der Waals surface area contributed by atoms with Crippen LogP contribution in [0.1, 0.15) is 25.8 Å². The summed E-state index contributed by atoms with van der Waals surface area (Å²) >= 11 is 0. The second-order valence-corrected chi connectivity index (χ2v) is 4.42. The van der Waals surface area contributed by atoms with E-state index in [2.05, 4.69) is 23.7 Å². The molecule has 0 aromatic carbocycles. The molecule has 4 heteroatoms. The summed E-state index contributed by atoms with van der Waals surface area (Å²) in [5.74, 6) is -0.295. The second-order valence-electron chi connectivity index (χ2n) is 4.42. The molecule has 0 saturated heterocycles. The van der Waals surface area contributed by atoms with E-state index in [9.17, 15) is 4.39 Å². The first-order valence-corrected chi connectivity index (χ1v) is 5.52. The molecule has 90 valence electrons. The fourth-order valence-electron chi connectivity index (χ4n) is 1.58. The predicted molar refractivity (Wildman–Crippen MR) is 63.4 cm³/mol. The van der Waals surface area contributed by atoms with Crippen LogP contribution in [0.4, 0.5) is 4.39 Å². The molecule has 1 heterocycles. The van der Waals surface area contributed by atoms with Crippen LogP contribution in [0.3, 0.4) is 0 Å². The average Bonchev–Trinajstić information content (AvgIpc) is 2.28. The number of nitrogens with zero attached hydrogens (tertiary/aromatic N) is 2. The van der Waals surface area contributed by atoms with E-state index in [0.29, 0.717) is 13.1 Å². The van der Waals surface area contributed by atoms with Crippen LogP contribution in [0.5, 0.6) is 0 Å². The molecule has 1 aromatic rings. The Labute approximate surface area is 96.5 Å². The predicted octanol–water partition coefficient (Wildman–Crippen LogP) is 1.78. The van der Waals surface area contributed by atoms with Gasteiger partial charge in [0.15, 0.2) is 0 Å². The van der Waals surface area contributed by atoms with Crippen molar-refractivity contribution in [3.8, 4) is 0 Å². The van der Waals surface area contributed by atoms with Crippen molar-refractivity contribution in [3.63, 3.8) is 0 Å². The second kappa shape index (κ2) is 5.37. The third-order valence-corrected chi connectivity index (χ3v) is 3.30. The topological polar surface area (TPSA) is 42.1 Å². The Hall–Kier alpha value is -1.00. The number of hydrogen-bond acceptors (Lipinski definition) is 3. The first-order chi connectivity index (χ1) is 7.51. The third kappa shape index (κ3) is 3.00. The number of hydrogen-bond donors (Lipinski definition) is 1. The molecular formula is C12H20FN3. The molecule has 16 heavy (non-hydrogen) atoms. The Kier molecular flexibility index (Phi) is 4.38. The quantitative estimate of drug-likeness (QED) is 0.830. The summed E-state index contributed by atoms with van der Waals surface area (Å²) < 4.78 is 13.0. The van der Waals surface area contributed by atoms with Gasteiger partial charge in [-0.1, -0.05) is 6.92 Å². The summed E-state index contributed by atoms with van der Waals surface area (Å²) in [5.41, 5.74) is 6.59. The number of aromatic nitrogens is 1. The average molecular weight is 225 g/mol. The maximum absolute atomic E-state index is 13.0. The van der Waals surface area contributed by atoms with Crippen molar-refractivity contribution < 1.29 is 4.39 Å². The van der Waals surface area contributed by atoms with Gasteiger partial charge in [-0.25, -0.2) is 4.39 Å². The highest BCUT2D eigenvalue weighted by atomic mass is 19.1. The molecule has 1 aromatic heterocycles. The number of rotatable bonds is 5. The molecule has 0 spiro atoms. The van der Waals surface area contributed by atoms with Gasteiger partial charge in [-0.3, -0.25) is 9.88 Å². The van der Waals surface area contributed by atoms with E-state index < -0.39 is 0 Å². The van der Waals surface area contributed by atoms with Crippen molar-refractivity contribution in [1.82, 2.24) is 9.88 Å². The fraction of sp³-hybridized carbons (Fsp3) is 0.583. The standard InChI is InChI=1S/C12H20FN3/c1-4-12(2,9-14)16(3)8-10-5-11(13)7-15-6-10/h5-7H,4,8-9,14H2,1-3H3. The van der Waals surface area contributed by atoms with Crippen molar-refractivity contribution in [2.45, 2.75) is 32.4 Å². The highest BCUT2D eigenvalue weighted by Crippen LogP contribution is 2.18. The highest BCUT2D eigenvalue weighted by molar-refractivity contribution is 5.10. The maximum atomic E-state index is 13.0. The molecular weight excluding hydrogens is 205 g/mol. The number of likely N-dealkylation sites (N-methyl/N-ethyl adjacent to an activating group) is 1. The van der Waals surface area contributed by atoms with Crippen molar-refractivity contribution in [1.29, 1.82) is 0 Å². The van der Waals surface area contributed by atoms with Crippen molar-refractivity contribution in [2.75, 3.05) is 13.6 Å². The molecule has 0 aliphatic carbocycles. The minimum Gasteiger partial charge on any atom is -0.329 e. The maximum Gasteiger partial charge on any atom is 0.141 e. The monoisotopic (exact) mass is 225 g/mol. The van der Waals surface area contributed by atoms with Crippen molar-refractivity contribution in [2.24, 2.45) is 5.73 Å². The van der Waals surface area contributed by atoms with Gasteiger partial charge in [0.25, 0.3) is 0 Å². The van der Waals surface area contributed by atoms with Crippen LogP contribution in [0, 0.1) is 5.82 Å². The van der Waals surface area contributed by atoms with Gasteiger partial charge < -0.3 is 5.73 Å². The summed E-state index contributed by atoms with van der Waals surface area (Å²) in [4.78, 5) is 5.98. The van der Waals surface area contributed by atoms with E-state index in [-0.39, 0.29) is 11.4 Å². The number of nitrogens with two attached hydrogens (primary N) is 1. The van der Waals surface area contributed by atoms with E-state index in [1.165, 1.54) is 12.3 Å². The first kappa shape index (κ1) is 13.1. The van der Waals surface area contributed by atoms with Gasteiger partial charge in [0.05, 0.1) is 6.20 Å². The Balaban J connectivity index is 2.74. The lowest BCUT2D eigenvalue weighted by Crippen LogP contribution is -2.48. The van der Waals surface area contributed by atoms with Crippen LogP contribution in [0.25, 0.3) is 0 Å². The van der Waals surface area contributed by atoms with Gasteiger partial charge in [0, 0.05) is 24.8 Å². The van der Waals surface area contributed by atoms with Gasteiger partial charge in [-0.2, -0.15) is 0 Å². The largest absolute Gasteiger partial charge is 0.329 e. The molecule has 0 amide bonds. The van der Waals surface area contributed by atoms with Gasteiger partial charge in [-0.05, 0) is 32.0 Å². The first-order valence-electron chi connectivity index (χ1n) is 5.52. The number of halogens is 1. The Bertz CT molecular complexity index is 337. The minimum atomic E-state index is -0.295. The zero-order valence-corrected chi connectivity index (χ0v) is 10.2. The number of pyridine rings is 1. The molecule has 0 saturated carbocycles. The third-order valence-electron chi connectivity index (χ3n) is 3.30. The van der Waals surface area contributed by atoms with E-state index >= 15 is 0 Å². The normalized spacial score (nSPS) is 15.1. The fourth-order valence-corrected chi connectivity index (χ4v) is 1.58. The van der Waals surface area contributed by atoms with E-state index in [1.54, 1.807) is 6.20 Å². The SMILES string of the molecule is CCC(C)(CN)N(C)Cc1cncc(F)c1. The van der Waals surface area contributed by atoms with Crippen molar-refractivity contribution >= 4 is 0 Å². The van der Waals surface area contributed by atoms with Gasteiger partial charge in [0.2, 0.25) is 0 Å². The molecule has 0 aliphatic rings. The van der Waals surface area contributed by atoms with Gasteiger partial charge in [-0.15, -0.1) is 0 Å². The lowest BCUT2D eigenvalue weighted by Gasteiger charge is -2.37. The highest BCUT2D eigenvalue weighted by Gasteiger charge is 2.25. The molecule has 0 bridgehead atoms. The molecule has 0 aliphatic heterocycles. The van der Waals surface area contributed by atoms with Crippen LogP contribution < -0.4 is 5.73 Å². The lowest BCUT2D eigenvalue weighted by molar-refractivity contribution is 0.131. The molecule has 1 atom stereocenters. The molecule has 0 fully saturated rings. The van der Waals surface area contributed by atoms with Crippen LogP contribution in [-0.2, 0) is 6.54 Å². The molecule has 3 nitrogen and oxygen atoms in total. The summed E-state index contributed by atoms with van der Waals surface area (Å²) in [7, 11) is 2.00. The summed E-state index contributed by atoms with van der Waals surface area (Å²) in [5, 5.41) is 0. The van der Waals surface area contributed by atoms with Crippen LogP contribution in [0.15, 0.2) is 18.5 Å². The van der Waals surface area contributed by atoms with Crippen molar-refractivity contribution in [3.05, 3.63) is 29.8 Å². The Morgan fingerprint density at radius 3 is 2.69 bits per heavy atom. The molecule has 2 N–H and O–H groups in total. The van der Waals surface area contributed by atoms with E-state index in [4.69, 9.17) is 5.73 Å². The summed E-state index contributed by atoms with van der Waals surface area (Å²) in [6.07, 6.45) is 3.86. The summed E-state index contributed by atoms with van der Waals surface area (Å²) in [6.45, 7) is 5.46. The zero-order chi connectivity index (χ0) is 12.2. The van der Waals surface area contributed by atoms with E-state index in [1.807, 2.05) is 7.05 Å². The summed E-state index contributed by atoms with van der Waals surface area (Å²) in [6, 6.07) is 1.51. The lowest BCUT2D eigenvalue weighted by atomic mass is 9.96. The Morgan fingerprint density at radius 2 is 2.19 bits per heavy atom. The van der Waals surface area contributed by atoms with Crippen LogP contribution >= 0.6 is 0 Å². The zero-order valence-electron chi connectivity index (χ0n) is 10.2. The Morgan fingerprint density at radius 1 is 1.50 bits per heavy atom. The van der Waals surface area contributed by atoms with E-state index in [0.717, 1.165) is 12.0 Å². The van der Waals surface area contributed by atoms with Gasteiger partial charge in [0.1, 0.15) is 5.82 Å². The molecule has 0 radical (unpaired) electrons. The van der Waals surface area contributed by atoms with Crippen LogP contribution in [0.2, 0.25) is 0 Å². The smallest absolute Gasteiger partial charge is 0.141 e. The van der Waals surface area contributed by atoms with Gasteiger partial charge >= 0.3 is 0 Å². The molecule has 1 rings (SSSR count). The van der Waals surface area contributed by atoms with Crippen LogP contribution in [-0.4, -0.2) is 29.0 Å². The molecule has 1 unspecified atom stereocenters. The minimum absolute atomic E-state index is 0.0493.